The lowest BCUT2D eigenvalue weighted by Crippen LogP contribution is -2.41. The molecule has 1 aliphatic carbocycles. The standard InChI is InChI=1S/C30H31N3O6S2/c1-30(2,3)39-29(36)31-21-15-16-24-25(17-21)40-28(32-41(37,38)26-14-7-6-13-23(26)27(34)35)33(24)18-20-11-8-10-19-9-4-5-12-22(19)20/h4-14,21H,15-18H2,1-3H3,(H,31,36)(H,34,35). The van der Waals surface area contributed by atoms with Gasteiger partial charge in [0.2, 0.25) is 4.80 Å². The molecule has 0 spiro atoms. The Labute approximate surface area is 242 Å². The first-order valence-corrected chi connectivity index (χ1v) is 15.5. The van der Waals surface area contributed by atoms with Crippen molar-refractivity contribution in [3.05, 3.63) is 93.2 Å². The average molecular weight is 594 g/mol. The highest BCUT2D eigenvalue weighted by Gasteiger charge is 2.28. The van der Waals surface area contributed by atoms with Crippen molar-refractivity contribution in [1.82, 2.24) is 9.88 Å². The third kappa shape index (κ3) is 6.36. The van der Waals surface area contributed by atoms with Crippen LogP contribution in [0.15, 0.2) is 76.0 Å². The molecule has 2 N–H and O–H groups in total. The van der Waals surface area contributed by atoms with Crippen molar-refractivity contribution in [2.75, 3.05) is 0 Å². The molecule has 0 saturated heterocycles. The Hall–Kier alpha value is -3.96. The van der Waals surface area contributed by atoms with Gasteiger partial charge in [-0.2, -0.15) is 8.42 Å². The minimum atomic E-state index is -4.35. The van der Waals surface area contributed by atoms with E-state index >= 15 is 0 Å². The fourth-order valence-corrected chi connectivity index (χ4v) is 7.66. The van der Waals surface area contributed by atoms with Gasteiger partial charge in [0, 0.05) is 23.0 Å². The second-order valence-corrected chi connectivity index (χ2v) is 13.6. The number of carboxylic acids is 1. The summed E-state index contributed by atoms with van der Waals surface area (Å²) in [5, 5.41) is 14.6. The van der Waals surface area contributed by atoms with Crippen molar-refractivity contribution < 1.29 is 27.9 Å². The van der Waals surface area contributed by atoms with Crippen LogP contribution >= 0.6 is 11.3 Å². The van der Waals surface area contributed by atoms with Gasteiger partial charge in [0.15, 0.2) is 0 Å². The summed E-state index contributed by atoms with van der Waals surface area (Å²) in [6.07, 6.45) is 1.24. The molecule has 0 bridgehead atoms. The number of carboxylic acid groups (broad SMARTS) is 1. The molecule has 0 radical (unpaired) electrons. The largest absolute Gasteiger partial charge is 0.478 e. The lowest BCUT2D eigenvalue weighted by atomic mass is 9.97. The summed E-state index contributed by atoms with van der Waals surface area (Å²) in [6, 6.07) is 19.3. The molecule has 0 saturated carbocycles. The zero-order valence-electron chi connectivity index (χ0n) is 23.0. The lowest BCUT2D eigenvalue weighted by molar-refractivity contribution is 0.0499. The minimum Gasteiger partial charge on any atom is -0.478 e. The number of hydrogen-bond acceptors (Lipinski definition) is 6. The highest BCUT2D eigenvalue weighted by molar-refractivity contribution is 7.90. The van der Waals surface area contributed by atoms with Crippen LogP contribution in [0.3, 0.4) is 0 Å². The van der Waals surface area contributed by atoms with Gasteiger partial charge in [-0.15, -0.1) is 15.7 Å². The number of fused-ring (bicyclic) bond motifs is 2. The van der Waals surface area contributed by atoms with Crippen molar-refractivity contribution >= 4 is 44.2 Å². The molecule has 0 aliphatic heterocycles. The first-order valence-electron chi connectivity index (χ1n) is 13.2. The number of nitrogens with zero attached hydrogens (tertiary/aromatic N) is 2. The van der Waals surface area contributed by atoms with Crippen LogP contribution < -0.4 is 10.1 Å². The number of benzene rings is 3. The molecule has 9 nitrogen and oxygen atoms in total. The maximum absolute atomic E-state index is 13.5. The van der Waals surface area contributed by atoms with Gasteiger partial charge in [0.25, 0.3) is 10.0 Å². The maximum Gasteiger partial charge on any atom is 0.407 e. The number of ether oxygens (including phenoxy) is 1. The highest BCUT2D eigenvalue weighted by Crippen LogP contribution is 2.28. The highest BCUT2D eigenvalue weighted by atomic mass is 32.2. The van der Waals surface area contributed by atoms with E-state index in [-0.39, 0.29) is 21.3 Å². The van der Waals surface area contributed by atoms with Gasteiger partial charge in [-0.1, -0.05) is 54.6 Å². The summed E-state index contributed by atoms with van der Waals surface area (Å²) in [7, 11) is -4.35. The van der Waals surface area contributed by atoms with E-state index in [1.807, 2.05) is 47.0 Å². The van der Waals surface area contributed by atoms with Crippen LogP contribution in [-0.2, 0) is 34.1 Å². The monoisotopic (exact) mass is 593 g/mol. The summed E-state index contributed by atoms with van der Waals surface area (Å²) in [6.45, 7) is 5.79. The molecule has 214 valence electrons. The van der Waals surface area contributed by atoms with Crippen molar-refractivity contribution in [2.45, 2.75) is 63.1 Å². The molecule has 1 amide bonds. The number of thiazole rings is 1. The number of sulfonamides is 1. The molecule has 1 aromatic heterocycles. The summed E-state index contributed by atoms with van der Waals surface area (Å²) in [4.78, 5) is 25.0. The van der Waals surface area contributed by atoms with Gasteiger partial charge < -0.3 is 19.7 Å². The van der Waals surface area contributed by atoms with E-state index in [1.165, 1.54) is 35.6 Å². The summed E-state index contributed by atoms with van der Waals surface area (Å²) in [5.41, 5.74) is 0.994. The van der Waals surface area contributed by atoms with E-state index in [0.717, 1.165) is 26.9 Å². The Morgan fingerprint density at radius 1 is 1.07 bits per heavy atom. The molecular formula is C30H31N3O6S2. The second kappa shape index (κ2) is 11.1. The van der Waals surface area contributed by atoms with Gasteiger partial charge in [-0.25, -0.2) is 9.59 Å². The lowest BCUT2D eigenvalue weighted by Gasteiger charge is -2.26. The number of aromatic carboxylic acids is 1. The molecule has 5 rings (SSSR count). The third-order valence-corrected chi connectivity index (χ3v) is 9.36. The Kier molecular flexibility index (Phi) is 7.76. The molecule has 11 heteroatoms. The number of alkyl carbamates (subject to hydrolysis) is 1. The number of hydrogen-bond donors (Lipinski definition) is 2. The molecule has 1 heterocycles. The minimum absolute atomic E-state index is 0.181. The summed E-state index contributed by atoms with van der Waals surface area (Å²) in [5.74, 6) is -1.34. The van der Waals surface area contributed by atoms with Crippen molar-refractivity contribution in [3.8, 4) is 0 Å². The Balaban J connectivity index is 1.59. The number of nitrogens with one attached hydrogen (secondary N) is 1. The predicted octanol–water partition coefficient (Wildman–Crippen LogP) is 5.12. The molecular weight excluding hydrogens is 562 g/mol. The molecule has 41 heavy (non-hydrogen) atoms. The molecule has 0 fully saturated rings. The summed E-state index contributed by atoms with van der Waals surface area (Å²) < 4.78 is 38.5. The first-order chi connectivity index (χ1) is 19.4. The molecule has 3 aromatic carbocycles. The van der Waals surface area contributed by atoms with Gasteiger partial charge in [-0.05, 0) is 62.1 Å². The quantitative estimate of drug-likeness (QED) is 0.320. The van der Waals surface area contributed by atoms with Crippen LogP contribution in [0.5, 0.6) is 0 Å². The van der Waals surface area contributed by atoms with Gasteiger partial charge in [-0.3, -0.25) is 0 Å². The van der Waals surface area contributed by atoms with Gasteiger partial charge >= 0.3 is 12.1 Å². The van der Waals surface area contributed by atoms with Crippen LogP contribution in [0.25, 0.3) is 10.8 Å². The molecule has 1 atom stereocenters. The number of carbonyl (C=O) groups excluding carboxylic acids is 1. The molecule has 4 aromatic rings. The van der Waals surface area contributed by atoms with Crippen LogP contribution in [0.4, 0.5) is 4.79 Å². The van der Waals surface area contributed by atoms with E-state index in [0.29, 0.717) is 25.8 Å². The number of carbonyl (C=O) groups is 2. The predicted molar refractivity (Wildman–Crippen MR) is 157 cm³/mol. The SMILES string of the molecule is CC(C)(C)OC(=O)NC1CCc2c(sc(=NS(=O)(=O)c3ccccc3C(=O)O)n2Cc2cccc3ccccc23)C1. The Morgan fingerprint density at radius 3 is 2.54 bits per heavy atom. The van der Waals surface area contributed by atoms with Crippen molar-refractivity contribution in [3.63, 3.8) is 0 Å². The Bertz CT molecular complexity index is 1810. The summed E-state index contributed by atoms with van der Waals surface area (Å²) >= 11 is 1.24. The van der Waals surface area contributed by atoms with E-state index in [1.54, 1.807) is 20.8 Å². The van der Waals surface area contributed by atoms with E-state index in [4.69, 9.17) is 4.74 Å². The average Bonchev–Trinajstić information content (AvgIpc) is 3.22. The zero-order valence-corrected chi connectivity index (χ0v) is 24.6. The fourth-order valence-electron chi connectivity index (χ4n) is 5.01. The third-order valence-electron chi connectivity index (χ3n) is 6.78. The fraction of sp³-hybridized carbons (Fsp3) is 0.300. The smallest absolute Gasteiger partial charge is 0.407 e. The topological polar surface area (TPSA) is 127 Å². The zero-order chi connectivity index (χ0) is 29.4. The number of aromatic nitrogens is 1. The van der Waals surface area contributed by atoms with E-state index < -0.39 is 27.7 Å². The number of amides is 1. The van der Waals surface area contributed by atoms with Crippen molar-refractivity contribution in [1.29, 1.82) is 0 Å². The normalized spacial score (nSPS) is 15.9. The maximum atomic E-state index is 13.5. The second-order valence-electron chi connectivity index (χ2n) is 10.9. The van der Waals surface area contributed by atoms with E-state index in [2.05, 4.69) is 9.71 Å². The van der Waals surface area contributed by atoms with Crippen molar-refractivity contribution in [2.24, 2.45) is 4.40 Å². The molecule has 1 unspecified atom stereocenters. The van der Waals surface area contributed by atoms with Crippen LogP contribution in [0.2, 0.25) is 0 Å². The Morgan fingerprint density at radius 2 is 1.78 bits per heavy atom. The van der Waals surface area contributed by atoms with E-state index in [9.17, 15) is 23.1 Å². The van der Waals surface area contributed by atoms with Crippen LogP contribution in [0, 0.1) is 0 Å². The number of rotatable bonds is 6. The first kappa shape index (κ1) is 28.6. The van der Waals surface area contributed by atoms with Gasteiger partial charge in [0.1, 0.15) is 10.5 Å². The molecule has 1 aliphatic rings. The van der Waals surface area contributed by atoms with Crippen LogP contribution in [0.1, 0.15) is 53.7 Å². The van der Waals surface area contributed by atoms with Crippen LogP contribution in [-0.4, -0.2) is 41.8 Å². The van der Waals surface area contributed by atoms with Gasteiger partial charge in [0.05, 0.1) is 12.1 Å².